The number of likely N-dealkylation sites (N-methyl/N-ethyl adjacent to an activating group) is 1. The molecule has 0 bridgehead atoms. The Bertz CT molecular complexity index is 384. The van der Waals surface area contributed by atoms with Crippen molar-refractivity contribution in [2.45, 2.75) is 58.9 Å². The smallest absolute Gasteiger partial charge is 0.193 e. The molecule has 0 aromatic carbocycles. The van der Waals surface area contributed by atoms with Crippen LogP contribution in [0.4, 0.5) is 0 Å². The van der Waals surface area contributed by atoms with Gasteiger partial charge in [0.1, 0.15) is 0 Å². The summed E-state index contributed by atoms with van der Waals surface area (Å²) >= 11 is 0. The van der Waals surface area contributed by atoms with E-state index in [1.54, 1.807) is 0 Å². The molecular formula is C19H36N4. The molecule has 3 aliphatic rings. The highest BCUT2D eigenvalue weighted by Crippen LogP contribution is 2.49. The molecule has 1 N–H and O–H groups in total. The standard InChI is InChI=1S/C19H36N4/c1-4-20-19(21-13-18(15-7-8-15)16-9-10-16)23-12-11-17(14-23)22(5-2)6-3/h15-18H,4-14H2,1-3H3,(H,20,21). The Morgan fingerprint density at radius 2 is 1.74 bits per heavy atom. The predicted molar refractivity (Wildman–Crippen MR) is 97.8 cm³/mol. The molecule has 3 fully saturated rings. The third-order valence-corrected chi connectivity index (χ3v) is 6.03. The summed E-state index contributed by atoms with van der Waals surface area (Å²) in [5.74, 6) is 4.05. The Labute approximate surface area is 142 Å². The van der Waals surface area contributed by atoms with E-state index in [2.05, 4.69) is 35.9 Å². The first-order valence-electron chi connectivity index (χ1n) is 10.0. The summed E-state index contributed by atoms with van der Waals surface area (Å²) in [7, 11) is 0. The number of guanidine groups is 1. The van der Waals surface area contributed by atoms with Crippen LogP contribution in [-0.2, 0) is 0 Å². The molecule has 0 amide bonds. The van der Waals surface area contributed by atoms with Crippen LogP contribution in [0.25, 0.3) is 0 Å². The van der Waals surface area contributed by atoms with Crippen molar-refractivity contribution in [1.29, 1.82) is 0 Å². The lowest BCUT2D eigenvalue weighted by Gasteiger charge is -2.27. The first-order chi connectivity index (χ1) is 11.3. The zero-order valence-corrected chi connectivity index (χ0v) is 15.4. The van der Waals surface area contributed by atoms with E-state index in [0.29, 0.717) is 6.04 Å². The van der Waals surface area contributed by atoms with Gasteiger partial charge >= 0.3 is 0 Å². The Hall–Kier alpha value is -0.770. The molecule has 3 rings (SSSR count). The van der Waals surface area contributed by atoms with Gasteiger partial charge in [-0.25, -0.2) is 0 Å². The van der Waals surface area contributed by atoms with E-state index in [4.69, 9.17) is 4.99 Å². The molecule has 2 saturated carbocycles. The van der Waals surface area contributed by atoms with Gasteiger partial charge in [0.25, 0.3) is 0 Å². The molecule has 2 aliphatic carbocycles. The minimum Gasteiger partial charge on any atom is -0.357 e. The van der Waals surface area contributed by atoms with Crippen molar-refractivity contribution in [2.24, 2.45) is 22.7 Å². The van der Waals surface area contributed by atoms with Gasteiger partial charge in [-0.05, 0) is 69.9 Å². The molecule has 23 heavy (non-hydrogen) atoms. The molecule has 1 aliphatic heterocycles. The topological polar surface area (TPSA) is 30.9 Å². The fourth-order valence-corrected chi connectivity index (χ4v) is 4.32. The number of hydrogen-bond donors (Lipinski definition) is 1. The van der Waals surface area contributed by atoms with Crippen LogP contribution in [0.3, 0.4) is 0 Å². The Morgan fingerprint density at radius 1 is 1.09 bits per heavy atom. The van der Waals surface area contributed by atoms with E-state index in [9.17, 15) is 0 Å². The van der Waals surface area contributed by atoms with Crippen LogP contribution in [0, 0.1) is 17.8 Å². The zero-order chi connectivity index (χ0) is 16.2. The molecule has 0 aromatic heterocycles. The van der Waals surface area contributed by atoms with Crippen molar-refractivity contribution in [3.63, 3.8) is 0 Å². The number of nitrogens with zero attached hydrogens (tertiary/aromatic N) is 3. The fraction of sp³-hybridized carbons (Fsp3) is 0.947. The summed E-state index contributed by atoms with van der Waals surface area (Å²) in [6.45, 7) is 13.4. The van der Waals surface area contributed by atoms with E-state index in [-0.39, 0.29) is 0 Å². The van der Waals surface area contributed by atoms with Crippen molar-refractivity contribution < 1.29 is 0 Å². The molecule has 1 saturated heterocycles. The van der Waals surface area contributed by atoms with Crippen LogP contribution >= 0.6 is 0 Å². The summed E-state index contributed by atoms with van der Waals surface area (Å²) in [6, 6.07) is 0.705. The van der Waals surface area contributed by atoms with E-state index in [0.717, 1.165) is 57.0 Å². The fourth-order valence-electron chi connectivity index (χ4n) is 4.32. The van der Waals surface area contributed by atoms with Gasteiger partial charge in [-0.2, -0.15) is 0 Å². The maximum Gasteiger partial charge on any atom is 0.193 e. The van der Waals surface area contributed by atoms with Crippen molar-refractivity contribution in [3.05, 3.63) is 0 Å². The second kappa shape index (κ2) is 7.87. The Balaban J connectivity index is 1.58. The molecule has 0 aromatic rings. The van der Waals surface area contributed by atoms with Gasteiger partial charge in [-0.1, -0.05) is 13.8 Å². The van der Waals surface area contributed by atoms with Crippen molar-refractivity contribution in [2.75, 3.05) is 39.3 Å². The third-order valence-electron chi connectivity index (χ3n) is 6.03. The summed E-state index contributed by atoms with van der Waals surface area (Å²) in [5.41, 5.74) is 0. The largest absolute Gasteiger partial charge is 0.357 e. The summed E-state index contributed by atoms with van der Waals surface area (Å²) in [6.07, 6.45) is 7.12. The highest BCUT2D eigenvalue weighted by atomic mass is 15.3. The van der Waals surface area contributed by atoms with Crippen LogP contribution in [-0.4, -0.2) is 61.1 Å². The minimum absolute atomic E-state index is 0.705. The van der Waals surface area contributed by atoms with Gasteiger partial charge in [0.05, 0.1) is 0 Å². The highest BCUT2D eigenvalue weighted by molar-refractivity contribution is 5.80. The minimum atomic E-state index is 0.705. The molecule has 1 heterocycles. The van der Waals surface area contributed by atoms with E-state index in [1.165, 1.54) is 38.1 Å². The molecular weight excluding hydrogens is 284 g/mol. The Kier molecular flexibility index (Phi) is 5.84. The van der Waals surface area contributed by atoms with Crippen molar-refractivity contribution in [1.82, 2.24) is 15.1 Å². The molecule has 132 valence electrons. The second-order valence-corrected chi connectivity index (χ2v) is 7.64. The zero-order valence-electron chi connectivity index (χ0n) is 15.4. The van der Waals surface area contributed by atoms with E-state index < -0.39 is 0 Å². The first-order valence-corrected chi connectivity index (χ1v) is 10.0. The number of hydrogen-bond acceptors (Lipinski definition) is 2. The van der Waals surface area contributed by atoms with Gasteiger partial charge in [0.2, 0.25) is 0 Å². The summed E-state index contributed by atoms with van der Waals surface area (Å²) in [4.78, 5) is 10.2. The van der Waals surface area contributed by atoms with Crippen LogP contribution in [0.15, 0.2) is 4.99 Å². The van der Waals surface area contributed by atoms with E-state index in [1.807, 2.05) is 0 Å². The van der Waals surface area contributed by atoms with Crippen LogP contribution in [0.5, 0.6) is 0 Å². The highest BCUT2D eigenvalue weighted by Gasteiger charge is 2.41. The molecule has 1 atom stereocenters. The average Bonchev–Trinajstić information content (AvgIpc) is 3.48. The van der Waals surface area contributed by atoms with Gasteiger partial charge in [0.15, 0.2) is 5.96 Å². The first kappa shape index (κ1) is 17.1. The number of nitrogens with one attached hydrogen (secondary N) is 1. The molecule has 0 spiro atoms. The van der Waals surface area contributed by atoms with Crippen LogP contribution < -0.4 is 5.32 Å². The van der Waals surface area contributed by atoms with Crippen LogP contribution in [0.1, 0.15) is 52.9 Å². The molecule has 4 nitrogen and oxygen atoms in total. The number of rotatable bonds is 8. The van der Waals surface area contributed by atoms with E-state index >= 15 is 0 Å². The maximum atomic E-state index is 5.08. The predicted octanol–water partition coefficient (Wildman–Crippen LogP) is 2.80. The van der Waals surface area contributed by atoms with Gasteiger partial charge < -0.3 is 10.2 Å². The summed E-state index contributed by atoms with van der Waals surface area (Å²) in [5, 5.41) is 3.55. The second-order valence-electron chi connectivity index (χ2n) is 7.64. The average molecular weight is 321 g/mol. The lowest BCUT2D eigenvalue weighted by Crippen LogP contribution is -2.43. The number of aliphatic imine (C=N–C) groups is 1. The maximum absolute atomic E-state index is 5.08. The molecule has 0 radical (unpaired) electrons. The summed E-state index contributed by atoms with van der Waals surface area (Å²) < 4.78 is 0. The van der Waals surface area contributed by atoms with Crippen molar-refractivity contribution >= 4 is 5.96 Å². The Morgan fingerprint density at radius 3 is 2.26 bits per heavy atom. The van der Waals surface area contributed by atoms with Crippen molar-refractivity contribution in [3.8, 4) is 0 Å². The monoisotopic (exact) mass is 320 g/mol. The molecule has 4 heteroatoms. The van der Waals surface area contributed by atoms with Gasteiger partial charge in [0, 0.05) is 32.2 Å². The molecule has 1 unspecified atom stereocenters. The van der Waals surface area contributed by atoms with Gasteiger partial charge in [-0.15, -0.1) is 0 Å². The van der Waals surface area contributed by atoms with Crippen LogP contribution in [0.2, 0.25) is 0 Å². The lowest BCUT2D eigenvalue weighted by molar-refractivity contribution is 0.223. The quantitative estimate of drug-likeness (QED) is 0.551. The third kappa shape index (κ3) is 4.40. The van der Waals surface area contributed by atoms with Gasteiger partial charge in [-0.3, -0.25) is 9.89 Å². The lowest BCUT2D eigenvalue weighted by atomic mass is 9.98. The SMILES string of the molecule is CCNC(=NCC(C1CC1)C1CC1)N1CCC(N(CC)CC)C1. The normalized spacial score (nSPS) is 25.7. The number of likely N-dealkylation sites (tertiary alicyclic amines) is 1.